The first kappa shape index (κ1) is 18.1. The smallest absolute Gasteiger partial charge is 0.352 e. The van der Waals surface area contributed by atoms with Crippen LogP contribution in [-0.4, -0.2) is 40.9 Å². The van der Waals surface area contributed by atoms with E-state index in [4.69, 9.17) is 4.74 Å². The lowest BCUT2D eigenvalue weighted by molar-refractivity contribution is -0.394. The molecule has 0 radical (unpaired) electrons. The highest BCUT2D eigenvalue weighted by atomic mass is 16.6. The zero-order valence-electron chi connectivity index (χ0n) is 13.0. The van der Waals surface area contributed by atoms with Crippen molar-refractivity contribution in [2.45, 2.75) is 13.8 Å². The standard InChI is InChI=1S/C14H17N3O6/c1-4-15(3)9-8-10-6-7-11(16(19)20)12(13(10)17(21)22)14(18)23-5-2/h6-9H,4-5H2,1-3H3/b9-8+. The molecule has 0 unspecified atom stereocenters. The van der Waals surface area contributed by atoms with Gasteiger partial charge in [0, 0.05) is 19.7 Å². The first-order valence-corrected chi connectivity index (χ1v) is 6.84. The molecule has 1 rings (SSSR count). The Kier molecular flexibility index (Phi) is 6.19. The molecule has 1 aromatic carbocycles. The van der Waals surface area contributed by atoms with Crippen molar-refractivity contribution >= 4 is 23.4 Å². The second-order valence-corrected chi connectivity index (χ2v) is 4.52. The van der Waals surface area contributed by atoms with E-state index in [-0.39, 0.29) is 12.2 Å². The number of hydrogen-bond donors (Lipinski definition) is 0. The summed E-state index contributed by atoms with van der Waals surface area (Å²) in [6.45, 7) is 4.02. The van der Waals surface area contributed by atoms with Crippen LogP contribution in [0.5, 0.6) is 0 Å². The average molecular weight is 323 g/mol. The van der Waals surface area contributed by atoms with E-state index in [0.717, 1.165) is 6.07 Å². The van der Waals surface area contributed by atoms with Gasteiger partial charge < -0.3 is 9.64 Å². The Bertz CT molecular complexity index is 656. The minimum absolute atomic E-state index is 0.0498. The van der Waals surface area contributed by atoms with E-state index >= 15 is 0 Å². The molecule has 0 aliphatic rings. The van der Waals surface area contributed by atoms with Crippen LogP contribution in [0.2, 0.25) is 0 Å². The van der Waals surface area contributed by atoms with Crippen molar-refractivity contribution < 1.29 is 19.4 Å². The summed E-state index contributed by atoms with van der Waals surface area (Å²) < 4.78 is 4.73. The number of carbonyl (C=O) groups is 1. The molecule has 0 saturated carbocycles. The van der Waals surface area contributed by atoms with Gasteiger partial charge in [-0.3, -0.25) is 20.2 Å². The van der Waals surface area contributed by atoms with Crippen molar-refractivity contribution in [3.8, 4) is 0 Å². The fraction of sp³-hybridized carbons (Fsp3) is 0.357. The lowest BCUT2D eigenvalue weighted by Crippen LogP contribution is -2.12. The Morgan fingerprint density at radius 3 is 2.39 bits per heavy atom. The molecular weight excluding hydrogens is 306 g/mol. The Hall–Kier alpha value is -2.97. The van der Waals surface area contributed by atoms with Crippen LogP contribution >= 0.6 is 0 Å². The molecule has 0 N–H and O–H groups in total. The fourth-order valence-electron chi connectivity index (χ4n) is 1.80. The SMILES string of the molecule is CCOC(=O)c1c([N+](=O)[O-])ccc(/C=C/N(C)CC)c1[N+](=O)[O-]. The van der Waals surface area contributed by atoms with Crippen LogP contribution in [0.25, 0.3) is 6.08 Å². The Morgan fingerprint density at radius 1 is 1.26 bits per heavy atom. The molecule has 0 spiro atoms. The van der Waals surface area contributed by atoms with Gasteiger partial charge in [0.2, 0.25) is 5.56 Å². The molecule has 0 fully saturated rings. The summed E-state index contributed by atoms with van der Waals surface area (Å²) in [7, 11) is 1.76. The van der Waals surface area contributed by atoms with E-state index < -0.39 is 32.8 Å². The maximum atomic E-state index is 12.0. The van der Waals surface area contributed by atoms with Crippen LogP contribution in [-0.2, 0) is 4.74 Å². The third-order valence-corrected chi connectivity index (χ3v) is 3.05. The maximum absolute atomic E-state index is 12.0. The van der Waals surface area contributed by atoms with Gasteiger partial charge in [-0.05, 0) is 32.2 Å². The molecule has 1 aromatic rings. The summed E-state index contributed by atoms with van der Waals surface area (Å²) in [6.07, 6.45) is 3.01. The highest BCUT2D eigenvalue weighted by Crippen LogP contribution is 2.33. The third kappa shape index (κ3) is 4.25. The number of nitro groups is 2. The molecule has 0 aromatic heterocycles. The Morgan fingerprint density at radius 2 is 1.91 bits per heavy atom. The second-order valence-electron chi connectivity index (χ2n) is 4.52. The van der Waals surface area contributed by atoms with Crippen molar-refractivity contribution in [1.29, 1.82) is 0 Å². The molecule has 0 aliphatic heterocycles. The van der Waals surface area contributed by atoms with Crippen LogP contribution in [0.1, 0.15) is 29.8 Å². The highest BCUT2D eigenvalue weighted by Gasteiger charge is 2.34. The number of esters is 1. The van der Waals surface area contributed by atoms with Gasteiger partial charge in [-0.25, -0.2) is 4.79 Å². The number of nitro benzene ring substituents is 2. The van der Waals surface area contributed by atoms with Crippen molar-refractivity contribution in [2.24, 2.45) is 0 Å². The van der Waals surface area contributed by atoms with Gasteiger partial charge >= 0.3 is 5.97 Å². The highest BCUT2D eigenvalue weighted by molar-refractivity contribution is 6.00. The first-order chi connectivity index (χ1) is 10.8. The van der Waals surface area contributed by atoms with Crippen LogP contribution in [0.15, 0.2) is 18.3 Å². The van der Waals surface area contributed by atoms with E-state index in [1.807, 2.05) is 6.92 Å². The predicted molar refractivity (Wildman–Crippen MR) is 83.0 cm³/mol. The Balaban J connectivity index is 3.59. The number of carbonyl (C=O) groups excluding carboxylic acids is 1. The van der Waals surface area contributed by atoms with Crippen molar-refractivity contribution in [2.75, 3.05) is 20.2 Å². The van der Waals surface area contributed by atoms with E-state index in [9.17, 15) is 25.0 Å². The van der Waals surface area contributed by atoms with E-state index in [2.05, 4.69) is 0 Å². The summed E-state index contributed by atoms with van der Waals surface area (Å²) >= 11 is 0. The zero-order chi connectivity index (χ0) is 17.6. The molecule has 0 atom stereocenters. The summed E-state index contributed by atoms with van der Waals surface area (Å²) in [4.78, 5) is 34.5. The molecule has 9 heteroatoms. The Labute approximate surface area is 132 Å². The minimum Gasteiger partial charge on any atom is -0.462 e. The average Bonchev–Trinajstić information content (AvgIpc) is 2.51. The molecule has 0 bridgehead atoms. The zero-order valence-corrected chi connectivity index (χ0v) is 13.0. The van der Waals surface area contributed by atoms with E-state index in [1.54, 1.807) is 18.1 Å². The summed E-state index contributed by atoms with van der Waals surface area (Å²) in [5.74, 6) is -1.09. The van der Waals surface area contributed by atoms with Gasteiger partial charge in [0.15, 0.2) is 0 Å². The monoisotopic (exact) mass is 323 g/mol. The molecule has 0 heterocycles. The van der Waals surface area contributed by atoms with Gasteiger partial charge in [-0.1, -0.05) is 0 Å². The van der Waals surface area contributed by atoms with Gasteiger partial charge in [-0.15, -0.1) is 0 Å². The normalized spacial score (nSPS) is 10.6. The molecule has 0 aliphatic carbocycles. The lowest BCUT2D eigenvalue weighted by atomic mass is 10.0. The quantitative estimate of drug-likeness (QED) is 0.430. The topological polar surface area (TPSA) is 116 Å². The van der Waals surface area contributed by atoms with Crippen LogP contribution in [0.4, 0.5) is 11.4 Å². The molecule has 23 heavy (non-hydrogen) atoms. The van der Waals surface area contributed by atoms with Crippen LogP contribution < -0.4 is 0 Å². The van der Waals surface area contributed by atoms with Gasteiger partial charge in [0.1, 0.15) is 0 Å². The summed E-state index contributed by atoms with van der Waals surface area (Å²) in [5, 5.41) is 22.4. The molecule has 124 valence electrons. The van der Waals surface area contributed by atoms with Gasteiger partial charge in [0.05, 0.1) is 22.0 Å². The number of rotatable bonds is 7. The first-order valence-electron chi connectivity index (χ1n) is 6.84. The minimum atomic E-state index is -1.09. The molecule has 0 amide bonds. The number of nitrogens with zero attached hydrogens (tertiary/aromatic N) is 3. The van der Waals surface area contributed by atoms with Crippen molar-refractivity contribution in [3.05, 3.63) is 49.7 Å². The number of hydrogen-bond acceptors (Lipinski definition) is 7. The largest absolute Gasteiger partial charge is 0.462 e. The van der Waals surface area contributed by atoms with Crippen molar-refractivity contribution in [1.82, 2.24) is 4.90 Å². The van der Waals surface area contributed by atoms with Gasteiger partial charge in [-0.2, -0.15) is 0 Å². The predicted octanol–water partition coefficient (Wildman–Crippen LogP) is 2.60. The second kappa shape index (κ2) is 7.87. The summed E-state index contributed by atoms with van der Waals surface area (Å²) in [5.41, 5.74) is -1.86. The van der Waals surface area contributed by atoms with Crippen LogP contribution in [0, 0.1) is 20.2 Å². The lowest BCUT2D eigenvalue weighted by Gasteiger charge is -2.10. The molecular formula is C14H17N3O6. The van der Waals surface area contributed by atoms with E-state index in [0.29, 0.717) is 6.54 Å². The molecule has 9 nitrogen and oxygen atoms in total. The van der Waals surface area contributed by atoms with E-state index in [1.165, 1.54) is 19.1 Å². The maximum Gasteiger partial charge on any atom is 0.352 e. The third-order valence-electron chi connectivity index (χ3n) is 3.05. The fourth-order valence-corrected chi connectivity index (χ4v) is 1.80. The molecule has 0 saturated heterocycles. The number of ether oxygens (including phenoxy) is 1. The van der Waals surface area contributed by atoms with Crippen molar-refractivity contribution in [3.63, 3.8) is 0 Å². The van der Waals surface area contributed by atoms with Crippen LogP contribution in [0.3, 0.4) is 0 Å². The van der Waals surface area contributed by atoms with Gasteiger partial charge in [0.25, 0.3) is 11.4 Å². The summed E-state index contributed by atoms with van der Waals surface area (Å²) in [6, 6.07) is 2.30. The number of benzene rings is 1.